The molecule has 102 valence electrons. The number of methoxy groups -OCH3 is 1. The van der Waals surface area contributed by atoms with Crippen LogP contribution < -0.4 is 0 Å². The van der Waals surface area contributed by atoms with Gasteiger partial charge < -0.3 is 14.4 Å². The second-order valence-electron chi connectivity index (χ2n) is 4.43. The summed E-state index contributed by atoms with van der Waals surface area (Å²) >= 11 is 0. The number of aliphatic hydroxyl groups is 1. The maximum absolute atomic E-state index is 12.9. The zero-order valence-corrected chi connectivity index (χ0v) is 11.0. The summed E-state index contributed by atoms with van der Waals surface area (Å²) in [6.45, 7) is 1.26. The van der Waals surface area contributed by atoms with Gasteiger partial charge in [-0.25, -0.2) is 4.39 Å². The van der Waals surface area contributed by atoms with Crippen LogP contribution >= 0.6 is 0 Å². The number of ether oxygens (including phenoxy) is 1. The van der Waals surface area contributed by atoms with Gasteiger partial charge in [-0.05, 0) is 29.8 Å². The molecule has 1 heterocycles. The molecule has 1 aromatic carbocycles. The van der Waals surface area contributed by atoms with Crippen LogP contribution in [0.3, 0.4) is 0 Å². The monoisotopic (exact) mass is 263 g/mol. The Bertz CT molecular complexity index is 519. The summed E-state index contributed by atoms with van der Waals surface area (Å²) in [6.07, 6.45) is 0.789. The second-order valence-corrected chi connectivity index (χ2v) is 4.43. The van der Waals surface area contributed by atoms with Gasteiger partial charge in [0.15, 0.2) is 0 Å². The third-order valence-corrected chi connectivity index (χ3v) is 3.14. The lowest BCUT2D eigenvalue weighted by molar-refractivity contribution is 0.200. The van der Waals surface area contributed by atoms with E-state index in [1.807, 2.05) is 16.7 Å². The number of benzene rings is 1. The van der Waals surface area contributed by atoms with Gasteiger partial charge in [0.1, 0.15) is 5.82 Å². The van der Waals surface area contributed by atoms with E-state index < -0.39 is 0 Å². The summed E-state index contributed by atoms with van der Waals surface area (Å²) in [5.41, 5.74) is 2.97. The van der Waals surface area contributed by atoms with Crippen molar-refractivity contribution < 1.29 is 14.2 Å². The van der Waals surface area contributed by atoms with Crippen LogP contribution in [0.5, 0.6) is 0 Å². The third-order valence-electron chi connectivity index (χ3n) is 3.14. The number of aliphatic hydroxyl groups excluding tert-OH is 1. The number of halogens is 1. The maximum atomic E-state index is 12.9. The fourth-order valence-corrected chi connectivity index (χ4v) is 2.10. The molecule has 4 heteroatoms. The Morgan fingerprint density at radius 2 is 1.79 bits per heavy atom. The van der Waals surface area contributed by atoms with E-state index in [1.165, 1.54) is 12.1 Å². The summed E-state index contributed by atoms with van der Waals surface area (Å²) in [7, 11) is 1.67. The van der Waals surface area contributed by atoms with Crippen LogP contribution in [0, 0.1) is 5.82 Å². The van der Waals surface area contributed by atoms with E-state index in [0.29, 0.717) is 13.2 Å². The van der Waals surface area contributed by atoms with E-state index in [0.717, 1.165) is 23.4 Å². The highest BCUT2D eigenvalue weighted by atomic mass is 19.1. The molecule has 0 spiro atoms. The van der Waals surface area contributed by atoms with E-state index in [1.54, 1.807) is 19.2 Å². The number of hydrogen-bond acceptors (Lipinski definition) is 2. The van der Waals surface area contributed by atoms with Crippen molar-refractivity contribution in [2.24, 2.45) is 0 Å². The van der Waals surface area contributed by atoms with Crippen LogP contribution in [0.25, 0.3) is 0 Å². The summed E-state index contributed by atoms with van der Waals surface area (Å²) in [5, 5.41) is 9.37. The van der Waals surface area contributed by atoms with Crippen LogP contribution in [0.4, 0.5) is 4.39 Å². The van der Waals surface area contributed by atoms with Crippen molar-refractivity contribution in [3.8, 4) is 0 Å². The predicted molar refractivity (Wildman–Crippen MR) is 71.4 cm³/mol. The van der Waals surface area contributed by atoms with Crippen molar-refractivity contribution in [1.29, 1.82) is 0 Å². The van der Waals surface area contributed by atoms with Crippen molar-refractivity contribution in [1.82, 2.24) is 4.57 Å². The molecule has 0 unspecified atom stereocenters. The lowest BCUT2D eigenvalue weighted by Crippen LogP contribution is -2.10. The van der Waals surface area contributed by atoms with Gasteiger partial charge in [-0.3, -0.25) is 0 Å². The largest absolute Gasteiger partial charge is 0.390 e. The molecule has 0 aliphatic heterocycles. The highest BCUT2D eigenvalue weighted by Gasteiger charge is 2.08. The Kier molecular flexibility index (Phi) is 4.71. The van der Waals surface area contributed by atoms with Crippen LogP contribution in [-0.2, 0) is 24.3 Å². The molecule has 0 amide bonds. The average molecular weight is 263 g/mol. The Balaban J connectivity index is 2.21. The standard InChI is InChI=1S/C15H18FNO2/c1-19-9-8-14-6-7-15(11-18)17(14)10-12-2-4-13(16)5-3-12/h2-7,18H,8-11H2,1H3. The highest BCUT2D eigenvalue weighted by molar-refractivity contribution is 5.22. The van der Waals surface area contributed by atoms with E-state index in [9.17, 15) is 9.50 Å². The topological polar surface area (TPSA) is 34.4 Å². The summed E-state index contributed by atoms with van der Waals surface area (Å²) in [4.78, 5) is 0. The quantitative estimate of drug-likeness (QED) is 0.868. The van der Waals surface area contributed by atoms with E-state index in [4.69, 9.17) is 4.74 Å². The van der Waals surface area contributed by atoms with Crippen LogP contribution in [0.1, 0.15) is 17.0 Å². The molecule has 0 aliphatic carbocycles. The van der Waals surface area contributed by atoms with Crippen molar-refractivity contribution in [3.05, 3.63) is 59.2 Å². The molecule has 19 heavy (non-hydrogen) atoms. The molecule has 3 nitrogen and oxygen atoms in total. The zero-order valence-electron chi connectivity index (χ0n) is 11.0. The first-order valence-corrected chi connectivity index (χ1v) is 6.26. The molecule has 0 saturated heterocycles. The average Bonchev–Trinajstić information content (AvgIpc) is 2.81. The molecule has 1 aromatic heterocycles. The smallest absolute Gasteiger partial charge is 0.123 e. The van der Waals surface area contributed by atoms with Gasteiger partial charge in [0.05, 0.1) is 13.2 Å². The molecule has 0 atom stereocenters. The highest BCUT2D eigenvalue weighted by Crippen LogP contribution is 2.14. The first-order valence-electron chi connectivity index (χ1n) is 6.26. The summed E-state index contributed by atoms with van der Waals surface area (Å²) in [6, 6.07) is 10.3. The van der Waals surface area contributed by atoms with Crippen molar-refractivity contribution >= 4 is 0 Å². The molecule has 0 saturated carbocycles. The lowest BCUT2D eigenvalue weighted by Gasteiger charge is -2.12. The van der Waals surface area contributed by atoms with E-state index >= 15 is 0 Å². The van der Waals surface area contributed by atoms with Crippen LogP contribution in [0.15, 0.2) is 36.4 Å². The Labute approximate surface area is 112 Å². The zero-order chi connectivity index (χ0) is 13.7. The predicted octanol–water partition coefficient (Wildman–Crippen LogP) is 2.36. The minimum absolute atomic E-state index is 0.00578. The molecule has 2 aromatic rings. The van der Waals surface area contributed by atoms with Gasteiger partial charge in [-0.2, -0.15) is 0 Å². The Morgan fingerprint density at radius 1 is 1.11 bits per heavy atom. The molecule has 1 N–H and O–H groups in total. The number of rotatable bonds is 6. The van der Waals surface area contributed by atoms with Gasteiger partial charge in [0, 0.05) is 31.5 Å². The minimum Gasteiger partial charge on any atom is -0.390 e. The van der Waals surface area contributed by atoms with Crippen LogP contribution in [0.2, 0.25) is 0 Å². The van der Waals surface area contributed by atoms with E-state index in [-0.39, 0.29) is 12.4 Å². The number of nitrogens with zero attached hydrogens (tertiary/aromatic N) is 1. The fourth-order valence-electron chi connectivity index (χ4n) is 2.10. The summed E-state index contributed by atoms with van der Waals surface area (Å²) in [5.74, 6) is -0.238. The first kappa shape index (κ1) is 13.8. The van der Waals surface area contributed by atoms with Crippen molar-refractivity contribution in [2.75, 3.05) is 13.7 Å². The van der Waals surface area contributed by atoms with Gasteiger partial charge >= 0.3 is 0 Å². The molecular formula is C15H18FNO2. The number of hydrogen-bond donors (Lipinski definition) is 1. The maximum Gasteiger partial charge on any atom is 0.123 e. The molecular weight excluding hydrogens is 245 g/mol. The molecule has 2 rings (SSSR count). The summed E-state index contributed by atoms with van der Waals surface area (Å²) < 4.78 is 20.0. The SMILES string of the molecule is COCCc1ccc(CO)n1Cc1ccc(F)cc1. The number of aromatic nitrogens is 1. The lowest BCUT2D eigenvalue weighted by atomic mass is 10.2. The van der Waals surface area contributed by atoms with Gasteiger partial charge in [-0.1, -0.05) is 12.1 Å². The molecule has 0 fully saturated rings. The molecule has 0 aliphatic rings. The van der Waals surface area contributed by atoms with Crippen molar-refractivity contribution in [2.45, 2.75) is 19.6 Å². The van der Waals surface area contributed by atoms with Gasteiger partial charge in [-0.15, -0.1) is 0 Å². The molecule has 0 bridgehead atoms. The normalized spacial score (nSPS) is 10.9. The van der Waals surface area contributed by atoms with Crippen molar-refractivity contribution in [3.63, 3.8) is 0 Å². The second kappa shape index (κ2) is 6.50. The van der Waals surface area contributed by atoms with E-state index in [2.05, 4.69) is 0 Å². The van der Waals surface area contributed by atoms with Gasteiger partial charge in [0.25, 0.3) is 0 Å². The Morgan fingerprint density at radius 3 is 2.42 bits per heavy atom. The van der Waals surface area contributed by atoms with Gasteiger partial charge in [0.2, 0.25) is 0 Å². The molecule has 0 radical (unpaired) electrons. The minimum atomic E-state index is -0.238. The first-order chi connectivity index (χ1) is 9.24. The van der Waals surface area contributed by atoms with Crippen LogP contribution in [-0.4, -0.2) is 23.4 Å². The fraction of sp³-hybridized carbons (Fsp3) is 0.333. The Hall–Kier alpha value is -1.65. The third kappa shape index (κ3) is 3.43.